The van der Waals surface area contributed by atoms with Crippen molar-refractivity contribution in [3.05, 3.63) is 29.8 Å². The highest BCUT2D eigenvalue weighted by molar-refractivity contribution is 5.94. The van der Waals surface area contributed by atoms with Gasteiger partial charge in [0.1, 0.15) is 5.75 Å². The molecule has 1 unspecified atom stereocenters. The summed E-state index contributed by atoms with van der Waals surface area (Å²) in [6.07, 6.45) is 5.13. The summed E-state index contributed by atoms with van der Waals surface area (Å²) in [6.45, 7) is 4.95. The molecule has 5 nitrogen and oxygen atoms in total. The van der Waals surface area contributed by atoms with Crippen molar-refractivity contribution in [3.8, 4) is 5.75 Å². The van der Waals surface area contributed by atoms with Gasteiger partial charge in [-0.1, -0.05) is 6.92 Å². The Labute approximate surface area is 223 Å². The second kappa shape index (κ2) is 10.3. The maximum absolute atomic E-state index is 13.0. The second-order valence-electron chi connectivity index (χ2n) is 12.9. The summed E-state index contributed by atoms with van der Waals surface area (Å²) in [6, 6.07) is 5.10. The van der Waals surface area contributed by atoms with E-state index in [2.05, 4.69) is 23.9 Å². The number of methoxy groups -OCH3 is 1. The van der Waals surface area contributed by atoms with Gasteiger partial charge in [-0.05, 0) is 130 Å². The van der Waals surface area contributed by atoms with Crippen molar-refractivity contribution >= 4 is 5.91 Å². The Morgan fingerprint density at radius 3 is 2.45 bits per heavy atom. The fraction of sp³-hybridized carbons (Fsp3) is 0.767. The van der Waals surface area contributed by atoms with Gasteiger partial charge in [-0.15, -0.1) is 13.2 Å². The lowest BCUT2D eigenvalue weighted by Gasteiger charge is -2.57. The first kappa shape index (κ1) is 27.8. The molecule has 5 rings (SSSR count). The smallest absolute Gasteiger partial charge is 0.406 e. The van der Waals surface area contributed by atoms with E-state index in [1.165, 1.54) is 56.4 Å². The molecule has 0 saturated heterocycles. The highest BCUT2D eigenvalue weighted by Crippen LogP contribution is 2.65. The lowest BCUT2D eigenvalue weighted by Crippen LogP contribution is -2.53. The van der Waals surface area contributed by atoms with E-state index in [0.29, 0.717) is 35.8 Å². The van der Waals surface area contributed by atoms with Crippen molar-refractivity contribution < 1.29 is 32.5 Å². The molecule has 4 aliphatic carbocycles. The summed E-state index contributed by atoms with van der Waals surface area (Å²) in [4.78, 5) is 13.0. The van der Waals surface area contributed by atoms with Crippen LogP contribution in [0.15, 0.2) is 24.3 Å². The van der Waals surface area contributed by atoms with Crippen LogP contribution in [0.1, 0.15) is 82.0 Å². The molecule has 38 heavy (non-hydrogen) atoms. The first-order chi connectivity index (χ1) is 17.9. The predicted molar refractivity (Wildman–Crippen MR) is 137 cm³/mol. The number of hydrogen-bond donors (Lipinski definition) is 2. The molecule has 0 aliphatic heterocycles. The van der Waals surface area contributed by atoms with Gasteiger partial charge >= 0.3 is 6.36 Å². The minimum absolute atomic E-state index is 0.0183. The Hall–Kier alpha value is -1.80. The first-order valence-corrected chi connectivity index (χ1v) is 14.3. The van der Waals surface area contributed by atoms with Crippen LogP contribution < -0.4 is 10.1 Å². The Bertz CT molecular complexity index is 1000. The minimum Gasteiger partial charge on any atom is -0.406 e. The Morgan fingerprint density at radius 2 is 1.76 bits per heavy atom. The lowest BCUT2D eigenvalue weighted by molar-refractivity contribution is -0.274. The van der Waals surface area contributed by atoms with Crippen LogP contribution in [-0.4, -0.2) is 42.7 Å². The molecule has 0 spiro atoms. The van der Waals surface area contributed by atoms with Crippen LogP contribution in [0.25, 0.3) is 0 Å². The van der Waals surface area contributed by atoms with Gasteiger partial charge in [0.2, 0.25) is 0 Å². The molecule has 4 fully saturated rings. The van der Waals surface area contributed by atoms with Crippen LogP contribution in [0, 0.1) is 40.9 Å². The van der Waals surface area contributed by atoms with E-state index in [-0.39, 0.29) is 23.1 Å². The summed E-state index contributed by atoms with van der Waals surface area (Å²) in [5.74, 6) is 3.20. The van der Waals surface area contributed by atoms with E-state index in [1.807, 2.05) is 0 Å². The molecule has 0 bridgehead atoms. The fourth-order valence-corrected chi connectivity index (χ4v) is 9.42. The number of aliphatic hydroxyl groups is 1. The first-order valence-electron chi connectivity index (χ1n) is 14.3. The molecule has 0 aromatic heterocycles. The lowest BCUT2D eigenvalue weighted by atomic mass is 9.48. The van der Waals surface area contributed by atoms with E-state index in [0.717, 1.165) is 37.5 Å². The van der Waals surface area contributed by atoms with Gasteiger partial charge in [0.25, 0.3) is 5.91 Å². The molecule has 9 atom stereocenters. The number of hydrogen-bond acceptors (Lipinski definition) is 4. The summed E-state index contributed by atoms with van der Waals surface area (Å²) < 4.78 is 46.6. The number of carbonyl (C=O) groups excluding carboxylic acids is 1. The van der Waals surface area contributed by atoms with Crippen molar-refractivity contribution in [3.63, 3.8) is 0 Å². The Kier molecular flexibility index (Phi) is 7.53. The van der Waals surface area contributed by atoms with Gasteiger partial charge in [-0.25, -0.2) is 0 Å². The molecule has 212 valence electrons. The molecule has 1 aromatic rings. The van der Waals surface area contributed by atoms with E-state index in [9.17, 15) is 23.1 Å². The van der Waals surface area contributed by atoms with Crippen LogP contribution in [0.2, 0.25) is 0 Å². The van der Waals surface area contributed by atoms with Crippen molar-refractivity contribution in [2.75, 3.05) is 13.7 Å². The summed E-state index contributed by atoms with van der Waals surface area (Å²) >= 11 is 0. The highest BCUT2D eigenvalue weighted by Gasteiger charge is 2.58. The molecule has 1 amide bonds. The van der Waals surface area contributed by atoms with Crippen molar-refractivity contribution in [1.29, 1.82) is 0 Å². The molecular formula is C30H42F3NO4. The third-order valence-electron chi connectivity index (χ3n) is 10.9. The number of carbonyl (C=O) groups is 1. The average molecular weight is 538 g/mol. The zero-order valence-corrected chi connectivity index (χ0v) is 22.7. The number of nitrogens with one attached hydrogen (secondary N) is 1. The maximum atomic E-state index is 13.0. The molecule has 0 heterocycles. The van der Waals surface area contributed by atoms with Gasteiger partial charge in [-0.3, -0.25) is 4.79 Å². The molecule has 4 aliphatic rings. The monoisotopic (exact) mass is 537 g/mol. The quantitative estimate of drug-likeness (QED) is 0.444. The van der Waals surface area contributed by atoms with Gasteiger partial charge < -0.3 is 19.9 Å². The van der Waals surface area contributed by atoms with Gasteiger partial charge in [0, 0.05) is 18.7 Å². The minimum atomic E-state index is -4.75. The zero-order chi connectivity index (χ0) is 27.3. The van der Waals surface area contributed by atoms with Crippen LogP contribution in [0.5, 0.6) is 5.75 Å². The fourth-order valence-electron chi connectivity index (χ4n) is 9.42. The van der Waals surface area contributed by atoms with Crippen LogP contribution in [-0.2, 0) is 4.74 Å². The number of fused-ring (bicyclic) bond motifs is 5. The maximum Gasteiger partial charge on any atom is 0.573 e. The number of halogens is 3. The molecule has 1 aromatic carbocycles. The number of rotatable bonds is 6. The van der Waals surface area contributed by atoms with Gasteiger partial charge in [-0.2, -0.15) is 0 Å². The van der Waals surface area contributed by atoms with Crippen molar-refractivity contribution in [2.45, 2.75) is 89.6 Å². The number of benzene rings is 1. The van der Waals surface area contributed by atoms with Gasteiger partial charge in [0.05, 0.1) is 12.2 Å². The molecule has 0 radical (unpaired) electrons. The standard InChI is InChI=1S/C30H42F3NO4/c1-18(34-27(35)19-4-7-21(8-5-19)38-30(31,32)33)25-10-11-26-24-9-6-20-16-29(36,17-37-3)15-13-22(20)23(24)12-14-28(25,26)2/h4-5,7-8,18,20,22-26,36H,6,9-17H2,1-3H3,(H,34,35)/t18-,20-,22+,23-,24-,25?,26+,28-,29-/m1/s1. The average Bonchev–Trinajstić information content (AvgIpc) is 3.20. The number of ether oxygens (including phenoxy) is 2. The Balaban J connectivity index is 1.22. The van der Waals surface area contributed by atoms with Crippen LogP contribution >= 0.6 is 0 Å². The van der Waals surface area contributed by atoms with Crippen molar-refractivity contribution in [1.82, 2.24) is 5.32 Å². The van der Waals surface area contributed by atoms with E-state index in [1.54, 1.807) is 7.11 Å². The summed E-state index contributed by atoms with van der Waals surface area (Å²) in [7, 11) is 1.67. The molecule has 8 heteroatoms. The molecular weight excluding hydrogens is 495 g/mol. The summed E-state index contributed by atoms with van der Waals surface area (Å²) in [5, 5.41) is 14.2. The number of alkyl halides is 3. The largest absolute Gasteiger partial charge is 0.573 e. The number of amides is 1. The molecule has 4 saturated carbocycles. The SMILES string of the molecule is COC[C@@]1(O)CC[C@H]2[C@H](CC[C@@H]3[C@@H]2CC[C@]2(C)C([C@@H](C)NC(=O)c4ccc(OC(F)(F)F)cc4)CC[C@@H]32)C1. The predicted octanol–water partition coefficient (Wildman–Crippen LogP) is 6.35. The zero-order valence-electron chi connectivity index (χ0n) is 22.7. The van der Waals surface area contributed by atoms with E-state index < -0.39 is 12.0 Å². The third-order valence-corrected chi connectivity index (χ3v) is 10.9. The third kappa shape index (κ3) is 5.32. The van der Waals surface area contributed by atoms with Crippen LogP contribution in [0.3, 0.4) is 0 Å². The summed E-state index contributed by atoms with van der Waals surface area (Å²) in [5.41, 5.74) is -0.154. The van der Waals surface area contributed by atoms with Crippen molar-refractivity contribution in [2.24, 2.45) is 40.9 Å². The van der Waals surface area contributed by atoms with Crippen LogP contribution in [0.4, 0.5) is 13.2 Å². The van der Waals surface area contributed by atoms with Gasteiger partial charge in [0.15, 0.2) is 0 Å². The topological polar surface area (TPSA) is 67.8 Å². The Morgan fingerprint density at radius 1 is 1.05 bits per heavy atom. The highest BCUT2D eigenvalue weighted by atomic mass is 19.4. The molecule has 2 N–H and O–H groups in total. The second-order valence-corrected chi connectivity index (χ2v) is 12.9. The van der Waals surface area contributed by atoms with E-state index >= 15 is 0 Å². The normalized spacial score (nSPS) is 39.4. The van der Waals surface area contributed by atoms with E-state index in [4.69, 9.17) is 4.74 Å².